The molecule has 0 spiro atoms. The van der Waals surface area contributed by atoms with Crippen molar-refractivity contribution in [3.63, 3.8) is 0 Å². The van der Waals surface area contributed by atoms with Gasteiger partial charge >= 0.3 is 0 Å². The molecule has 3 rings (SSSR count). The molecule has 0 bridgehead atoms. The maximum Gasteiger partial charge on any atom is 0.266 e. The number of pyridine rings is 1. The lowest BCUT2D eigenvalue weighted by molar-refractivity contribution is 0.307. The molecular weight excluding hydrogens is 337 g/mol. The topological polar surface area (TPSA) is 42.1 Å². The van der Waals surface area contributed by atoms with Gasteiger partial charge in [-0.2, -0.15) is 0 Å². The summed E-state index contributed by atoms with van der Waals surface area (Å²) in [7, 11) is 0. The van der Waals surface area contributed by atoms with E-state index in [-0.39, 0.29) is 5.56 Å². The van der Waals surface area contributed by atoms with Crippen LogP contribution in [-0.2, 0) is 6.61 Å². The molecule has 0 atom stereocenters. The van der Waals surface area contributed by atoms with Crippen molar-refractivity contribution in [3.05, 3.63) is 74.7 Å². The van der Waals surface area contributed by atoms with Gasteiger partial charge in [-0.3, -0.25) is 4.79 Å². The predicted molar refractivity (Wildman–Crippen MR) is 83.0 cm³/mol. The molecule has 0 fully saturated rings. The molecule has 2 aromatic carbocycles. The molecule has 0 aliphatic rings. The van der Waals surface area contributed by atoms with Gasteiger partial charge in [-0.1, -0.05) is 30.3 Å². The fraction of sp³-hybridized carbons (Fsp3) is 0.0625. The summed E-state index contributed by atoms with van der Waals surface area (Å²) in [4.78, 5) is 14.5. The Morgan fingerprint density at radius 3 is 2.67 bits per heavy atom. The van der Waals surface area contributed by atoms with Crippen LogP contribution < -0.4 is 10.3 Å². The van der Waals surface area contributed by atoms with Crippen LogP contribution in [-0.4, -0.2) is 4.98 Å². The zero-order chi connectivity index (χ0) is 14.8. The van der Waals surface area contributed by atoms with Gasteiger partial charge in [0.1, 0.15) is 22.6 Å². The van der Waals surface area contributed by atoms with Crippen LogP contribution >= 0.6 is 15.9 Å². The molecule has 0 aliphatic heterocycles. The Kier molecular flexibility index (Phi) is 3.75. The standard InChI is InChI=1S/C16H11BrFNO2/c17-14-15(21-9-10-4-2-1-3-5-10)12-7-6-11(18)8-13(12)19-16(14)20/h1-8H,9H2,(H,19,20). The Hall–Kier alpha value is -2.14. The second kappa shape index (κ2) is 5.69. The lowest BCUT2D eigenvalue weighted by Crippen LogP contribution is -2.10. The van der Waals surface area contributed by atoms with Crippen LogP contribution in [0, 0.1) is 5.82 Å². The Bertz CT molecular complexity index is 846. The summed E-state index contributed by atoms with van der Waals surface area (Å²) in [6, 6.07) is 13.8. The Morgan fingerprint density at radius 2 is 1.90 bits per heavy atom. The van der Waals surface area contributed by atoms with Crippen LogP contribution in [0.5, 0.6) is 5.75 Å². The van der Waals surface area contributed by atoms with Crippen molar-refractivity contribution in [2.75, 3.05) is 0 Å². The van der Waals surface area contributed by atoms with E-state index in [9.17, 15) is 9.18 Å². The molecule has 0 saturated heterocycles. The van der Waals surface area contributed by atoms with Crippen LogP contribution in [0.4, 0.5) is 4.39 Å². The molecule has 1 heterocycles. The third-order valence-corrected chi connectivity index (χ3v) is 3.82. The summed E-state index contributed by atoms with van der Waals surface area (Å²) in [5, 5.41) is 0.652. The number of halogens is 2. The number of H-pyrrole nitrogens is 1. The van der Waals surface area contributed by atoms with Crippen molar-refractivity contribution in [2.24, 2.45) is 0 Å². The van der Waals surface area contributed by atoms with Gasteiger partial charge in [0.2, 0.25) is 0 Å². The highest BCUT2D eigenvalue weighted by Crippen LogP contribution is 2.30. The van der Waals surface area contributed by atoms with Crippen molar-refractivity contribution < 1.29 is 9.13 Å². The normalized spacial score (nSPS) is 10.8. The van der Waals surface area contributed by atoms with Gasteiger partial charge in [0, 0.05) is 5.39 Å². The molecule has 0 saturated carbocycles. The van der Waals surface area contributed by atoms with E-state index in [2.05, 4.69) is 20.9 Å². The van der Waals surface area contributed by atoms with Crippen LogP contribution in [0.3, 0.4) is 0 Å². The molecule has 21 heavy (non-hydrogen) atoms. The van der Waals surface area contributed by atoms with Gasteiger partial charge in [-0.05, 0) is 39.7 Å². The first-order chi connectivity index (χ1) is 10.1. The first-order valence-electron chi connectivity index (χ1n) is 6.33. The minimum Gasteiger partial charge on any atom is -0.487 e. The molecule has 0 radical (unpaired) electrons. The summed E-state index contributed by atoms with van der Waals surface area (Å²) in [5.41, 5.74) is 1.04. The summed E-state index contributed by atoms with van der Waals surface area (Å²) in [5.74, 6) is 0.00656. The predicted octanol–water partition coefficient (Wildman–Crippen LogP) is 4.01. The van der Waals surface area contributed by atoms with Crippen molar-refractivity contribution in [1.82, 2.24) is 4.98 Å². The fourth-order valence-electron chi connectivity index (χ4n) is 2.09. The van der Waals surface area contributed by atoms with E-state index in [1.165, 1.54) is 12.1 Å². The lowest BCUT2D eigenvalue weighted by atomic mass is 10.2. The highest BCUT2D eigenvalue weighted by Gasteiger charge is 2.12. The molecule has 106 valence electrons. The number of hydrogen-bond donors (Lipinski definition) is 1. The number of ether oxygens (including phenoxy) is 1. The highest BCUT2D eigenvalue weighted by atomic mass is 79.9. The molecule has 0 unspecified atom stereocenters. The average Bonchev–Trinajstić information content (AvgIpc) is 2.49. The molecule has 0 amide bonds. The zero-order valence-electron chi connectivity index (χ0n) is 10.9. The van der Waals surface area contributed by atoms with Crippen molar-refractivity contribution in [1.29, 1.82) is 0 Å². The van der Waals surface area contributed by atoms with Crippen molar-refractivity contribution in [3.8, 4) is 5.75 Å². The first-order valence-corrected chi connectivity index (χ1v) is 7.12. The number of benzene rings is 2. The molecular formula is C16H11BrFNO2. The van der Waals surface area contributed by atoms with Gasteiger partial charge in [0.15, 0.2) is 0 Å². The van der Waals surface area contributed by atoms with Crippen molar-refractivity contribution >= 4 is 26.8 Å². The van der Waals surface area contributed by atoms with E-state index in [0.717, 1.165) is 5.56 Å². The second-order valence-corrected chi connectivity index (χ2v) is 5.35. The van der Waals surface area contributed by atoms with Crippen LogP contribution in [0.25, 0.3) is 10.9 Å². The summed E-state index contributed by atoms with van der Waals surface area (Å²) in [6.07, 6.45) is 0. The lowest BCUT2D eigenvalue weighted by Gasteiger charge is -2.11. The number of hydrogen-bond acceptors (Lipinski definition) is 2. The van der Waals surface area contributed by atoms with E-state index < -0.39 is 5.82 Å². The average molecular weight is 348 g/mol. The monoisotopic (exact) mass is 347 g/mol. The van der Waals surface area contributed by atoms with Crippen molar-refractivity contribution in [2.45, 2.75) is 6.61 Å². The smallest absolute Gasteiger partial charge is 0.266 e. The van der Waals surface area contributed by atoms with Gasteiger partial charge in [-0.15, -0.1) is 0 Å². The molecule has 0 aliphatic carbocycles. The molecule has 1 N–H and O–H groups in total. The second-order valence-electron chi connectivity index (χ2n) is 4.56. The van der Waals surface area contributed by atoms with E-state index in [0.29, 0.717) is 27.7 Å². The van der Waals surface area contributed by atoms with Gasteiger partial charge in [0.05, 0.1) is 5.52 Å². The minimum absolute atomic E-state index is 0.303. The van der Waals surface area contributed by atoms with Crippen LogP contribution in [0.1, 0.15) is 5.56 Å². The van der Waals surface area contributed by atoms with E-state index in [1.54, 1.807) is 6.07 Å². The quantitative estimate of drug-likeness (QED) is 0.777. The molecule has 5 heteroatoms. The van der Waals surface area contributed by atoms with E-state index in [1.807, 2.05) is 30.3 Å². The zero-order valence-corrected chi connectivity index (χ0v) is 12.5. The van der Waals surface area contributed by atoms with Gasteiger partial charge < -0.3 is 9.72 Å². The first kappa shape index (κ1) is 13.8. The summed E-state index contributed by atoms with van der Waals surface area (Å²) < 4.78 is 19.3. The number of aromatic amines is 1. The maximum absolute atomic E-state index is 13.3. The van der Waals surface area contributed by atoms with Gasteiger partial charge in [-0.25, -0.2) is 4.39 Å². The third kappa shape index (κ3) is 2.83. The Labute approximate surface area is 128 Å². The maximum atomic E-state index is 13.3. The largest absolute Gasteiger partial charge is 0.487 e. The van der Waals surface area contributed by atoms with E-state index >= 15 is 0 Å². The van der Waals surface area contributed by atoms with Crippen LogP contribution in [0.15, 0.2) is 57.8 Å². The van der Waals surface area contributed by atoms with Crippen LogP contribution in [0.2, 0.25) is 0 Å². The molecule has 3 aromatic rings. The molecule has 1 aromatic heterocycles. The summed E-state index contributed by atoms with van der Waals surface area (Å²) >= 11 is 3.23. The number of rotatable bonds is 3. The SMILES string of the molecule is O=c1[nH]c2cc(F)ccc2c(OCc2ccccc2)c1Br. The summed E-state index contributed by atoms with van der Waals surface area (Å²) in [6.45, 7) is 0.329. The highest BCUT2D eigenvalue weighted by molar-refractivity contribution is 9.10. The Balaban J connectivity index is 2.04. The van der Waals surface area contributed by atoms with E-state index in [4.69, 9.17) is 4.74 Å². The number of fused-ring (bicyclic) bond motifs is 1. The molecule has 3 nitrogen and oxygen atoms in total. The van der Waals surface area contributed by atoms with Gasteiger partial charge in [0.25, 0.3) is 5.56 Å². The minimum atomic E-state index is -0.408. The fourth-order valence-corrected chi connectivity index (χ4v) is 2.51. The number of aromatic nitrogens is 1. The Morgan fingerprint density at radius 1 is 1.14 bits per heavy atom. The third-order valence-electron chi connectivity index (χ3n) is 3.10. The number of nitrogens with one attached hydrogen (secondary N) is 1.